The molecule has 0 N–H and O–H groups in total. The Morgan fingerprint density at radius 1 is 1.22 bits per heavy atom. The first-order valence-corrected chi connectivity index (χ1v) is 8.44. The van der Waals surface area contributed by atoms with Crippen LogP contribution in [0.15, 0.2) is 39.0 Å². The van der Waals surface area contributed by atoms with Gasteiger partial charge < -0.3 is 0 Å². The van der Waals surface area contributed by atoms with E-state index in [-0.39, 0.29) is 5.41 Å². The SMILES string of the molecule is CC(C)(C)c1csc(CSc2ccc(Br)cc2)n1. The lowest BCUT2D eigenvalue weighted by Crippen LogP contribution is -2.11. The maximum absolute atomic E-state index is 4.70. The Balaban J connectivity index is 1.98. The van der Waals surface area contributed by atoms with Gasteiger partial charge in [-0.05, 0) is 24.3 Å². The maximum atomic E-state index is 4.70. The molecule has 0 saturated carbocycles. The van der Waals surface area contributed by atoms with E-state index in [1.54, 1.807) is 11.3 Å². The van der Waals surface area contributed by atoms with Gasteiger partial charge in [-0.1, -0.05) is 36.7 Å². The van der Waals surface area contributed by atoms with Gasteiger partial charge in [0.25, 0.3) is 0 Å². The van der Waals surface area contributed by atoms with E-state index >= 15 is 0 Å². The topological polar surface area (TPSA) is 12.9 Å². The van der Waals surface area contributed by atoms with Crippen molar-refractivity contribution in [2.45, 2.75) is 36.8 Å². The van der Waals surface area contributed by atoms with Gasteiger partial charge in [-0.3, -0.25) is 0 Å². The molecule has 4 heteroatoms. The van der Waals surface area contributed by atoms with Crippen molar-refractivity contribution in [2.24, 2.45) is 0 Å². The normalized spacial score (nSPS) is 11.8. The van der Waals surface area contributed by atoms with Crippen molar-refractivity contribution in [1.29, 1.82) is 0 Å². The van der Waals surface area contributed by atoms with Crippen LogP contribution >= 0.6 is 39.0 Å². The van der Waals surface area contributed by atoms with Crippen molar-refractivity contribution in [1.82, 2.24) is 4.98 Å². The zero-order valence-corrected chi connectivity index (χ0v) is 14.0. The highest BCUT2D eigenvalue weighted by Gasteiger charge is 2.17. The summed E-state index contributed by atoms with van der Waals surface area (Å²) in [6.45, 7) is 6.61. The Bertz CT molecular complexity index is 511. The molecule has 0 aliphatic rings. The van der Waals surface area contributed by atoms with Gasteiger partial charge in [0.1, 0.15) is 5.01 Å². The third kappa shape index (κ3) is 3.84. The van der Waals surface area contributed by atoms with Gasteiger partial charge in [0, 0.05) is 20.2 Å². The highest BCUT2D eigenvalue weighted by Crippen LogP contribution is 2.29. The summed E-state index contributed by atoms with van der Waals surface area (Å²) < 4.78 is 1.12. The summed E-state index contributed by atoms with van der Waals surface area (Å²) in [5.41, 5.74) is 1.34. The lowest BCUT2D eigenvalue weighted by molar-refractivity contribution is 0.572. The maximum Gasteiger partial charge on any atom is 0.103 e. The van der Waals surface area contributed by atoms with Gasteiger partial charge in [0.15, 0.2) is 0 Å². The molecule has 1 heterocycles. The van der Waals surface area contributed by atoms with E-state index in [1.165, 1.54) is 15.6 Å². The van der Waals surface area contributed by atoms with Crippen LogP contribution in [0, 0.1) is 0 Å². The molecule has 0 unspecified atom stereocenters. The first-order valence-electron chi connectivity index (χ1n) is 5.78. The van der Waals surface area contributed by atoms with E-state index in [4.69, 9.17) is 4.98 Å². The summed E-state index contributed by atoms with van der Waals surface area (Å²) in [6.07, 6.45) is 0. The zero-order valence-electron chi connectivity index (χ0n) is 10.7. The second kappa shape index (κ2) is 5.76. The fraction of sp³-hybridized carbons (Fsp3) is 0.357. The Kier molecular flexibility index (Phi) is 4.51. The quantitative estimate of drug-likeness (QED) is 0.684. The summed E-state index contributed by atoms with van der Waals surface area (Å²) in [5, 5.41) is 3.38. The zero-order chi connectivity index (χ0) is 13.2. The minimum atomic E-state index is 0.150. The average Bonchev–Trinajstić information content (AvgIpc) is 2.77. The largest absolute Gasteiger partial charge is 0.245 e. The summed E-state index contributed by atoms with van der Waals surface area (Å²) in [7, 11) is 0. The Labute approximate surface area is 125 Å². The molecule has 0 aliphatic carbocycles. The molecule has 0 spiro atoms. The van der Waals surface area contributed by atoms with Crippen LogP contribution in [0.25, 0.3) is 0 Å². The first-order chi connectivity index (χ1) is 8.45. The molecule has 1 nitrogen and oxygen atoms in total. The van der Waals surface area contributed by atoms with Crippen LogP contribution in [0.3, 0.4) is 0 Å². The monoisotopic (exact) mass is 341 g/mol. The molecule has 0 bridgehead atoms. The standard InChI is InChI=1S/C14H16BrNS2/c1-14(2,3)12-8-18-13(16-12)9-17-11-6-4-10(15)5-7-11/h4-8H,9H2,1-3H3. The van der Waals surface area contributed by atoms with Crippen LogP contribution < -0.4 is 0 Å². The molecule has 96 valence electrons. The van der Waals surface area contributed by atoms with Crippen molar-refractivity contribution in [3.63, 3.8) is 0 Å². The molecular formula is C14H16BrNS2. The van der Waals surface area contributed by atoms with Crippen molar-refractivity contribution in [2.75, 3.05) is 0 Å². The predicted octanol–water partition coefficient (Wildman–Crippen LogP) is 5.50. The molecule has 1 aromatic carbocycles. The third-order valence-electron chi connectivity index (χ3n) is 2.50. The van der Waals surface area contributed by atoms with Crippen molar-refractivity contribution in [3.05, 3.63) is 44.8 Å². The highest BCUT2D eigenvalue weighted by atomic mass is 79.9. The number of nitrogens with zero attached hydrogens (tertiary/aromatic N) is 1. The second-order valence-electron chi connectivity index (χ2n) is 5.12. The third-order valence-corrected chi connectivity index (χ3v) is 5.08. The van der Waals surface area contributed by atoms with Crippen LogP contribution in [0.5, 0.6) is 0 Å². The number of hydrogen-bond acceptors (Lipinski definition) is 3. The van der Waals surface area contributed by atoms with Crippen molar-refractivity contribution >= 4 is 39.0 Å². The fourth-order valence-electron chi connectivity index (χ4n) is 1.40. The van der Waals surface area contributed by atoms with Gasteiger partial charge in [-0.25, -0.2) is 4.98 Å². The number of thioether (sulfide) groups is 1. The molecule has 2 aromatic rings. The van der Waals surface area contributed by atoms with Crippen LogP contribution in [0.2, 0.25) is 0 Å². The number of hydrogen-bond donors (Lipinski definition) is 0. The van der Waals surface area contributed by atoms with Gasteiger partial charge in [0.2, 0.25) is 0 Å². The lowest BCUT2D eigenvalue weighted by Gasteiger charge is -2.14. The molecule has 0 atom stereocenters. The van der Waals surface area contributed by atoms with Gasteiger partial charge in [-0.15, -0.1) is 23.1 Å². The molecule has 2 rings (SSSR count). The average molecular weight is 342 g/mol. The Morgan fingerprint density at radius 2 is 1.89 bits per heavy atom. The van der Waals surface area contributed by atoms with Crippen LogP contribution in [0.4, 0.5) is 0 Å². The van der Waals surface area contributed by atoms with Gasteiger partial charge in [0.05, 0.1) is 11.4 Å². The number of halogens is 1. The lowest BCUT2D eigenvalue weighted by atomic mass is 9.93. The molecule has 0 amide bonds. The van der Waals surface area contributed by atoms with Crippen molar-refractivity contribution in [3.8, 4) is 0 Å². The van der Waals surface area contributed by atoms with E-state index < -0.39 is 0 Å². The molecular weight excluding hydrogens is 326 g/mol. The fourth-order valence-corrected chi connectivity index (χ4v) is 3.60. The van der Waals surface area contributed by atoms with E-state index in [9.17, 15) is 0 Å². The number of benzene rings is 1. The van der Waals surface area contributed by atoms with E-state index in [2.05, 4.69) is 66.3 Å². The summed E-state index contributed by atoms with van der Waals surface area (Å²) in [6, 6.07) is 8.41. The number of thiazole rings is 1. The smallest absolute Gasteiger partial charge is 0.103 e. The molecule has 18 heavy (non-hydrogen) atoms. The first kappa shape index (κ1) is 14.1. The van der Waals surface area contributed by atoms with E-state index in [1.807, 2.05) is 11.8 Å². The predicted molar refractivity (Wildman–Crippen MR) is 84.5 cm³/mol. The van der Waals surface area contributed by atoms with Crippen LogP contribution in [-0.2, 0) is 11.2 Å². The van der Waals surface area contributed by atoms with Gasteiger partial charge >= 0.3 is 0 Å². The number of rotatable bonds is 3. The second-order valence-corrected chi connectivity index (χ2v) is 8.03. The number of aromatic nitrogens is 1. The molecule has 0 saturated heterocycles. The Hall–Kier alpha value is -0.320. The summed E-state index contributed by atoms with van der Waals surface area (Å²) in [5.74, 6) is 0.947. The van der Waals surface area contributed by atoms with E-state index in [0.29, 0.717) is 0 Å². The molecule has 0 aliphatic heterocycles. The summed E-state index contributed by atoms with van der Waals surface area (Å²) in [4.78, 5) is 5.99. The van der Waals surface area contributed by atoms with Gasteiger partial charge in [-0.2, -0.15) is 0 Å². The van der Waals surface area contributed by atoms with E-state index in [0.717, 1.165) is 10.2 Å². The molecule has 0 fully saturated rings. The van der Waals surface area contributed by atoms with Crippen molar-refractivity contribution < 1.29 is 0 Å². The minimum absolute atomic E-state index is 0.150. The minimum Gasteiger partial charge on any atom is -0.245 e. The Morgan fingerprint density at radius 3 is 2.44 bits per heavy atom. The highest BCUT2D eigenvalue weighted by molar-refractivity contribution is 9.10. The van der Waals surface area contributed by atoms with Crippen LogP contribution in [-0.4, -0.2) is 4.98 Å². The van der Waals surface area contributed by atoms with Crippen LogP contribution in [0.1, 0.15) is 31.5 Å². The molecule has 0 radical (unpaired) electrons. The summed E-state index contributed by atoms with van der Waals surface area (Å²) >= 11 is 7.04. The molecule has 1 aromatic heterocycles.